The van der Waals surface area contributed by atoms with Gasteiger partial charge >= 0.3 is 0 Å². The summed E-state index contributed by atoms with van der Waals surface area (Å²) in [7, 11) is 1.94. The lowest BCUT2D eigenvalue weighted by atomic mass is 10.1. The second kappa shape index (κ2) is 5.53. The summed E-state index contributed by atoms with van der Waals surface area (Å²) >= 11 is 7.56. The van der Waals surface area contributed by atoms with E-state index in [2.05, 4.69) is 22.8 Å². The van der Waals surface area contributed by atoms with Gasteiger partial charge in [-0.2, -0.15) is 0 Å². The Morgan fingerprint density at radius 1 is 1.44 bits per heavy atom. The second-order valence-corrected chi connectivity index (χ2v) is 5.01. The summed E-state index contributed by atoms with van der Waals surface area (Å²) in [6.07, 6.45) is 2.07. The fraction of sp³-hybridized carbons (Fsp3) is 0.333. The molecule has 0 amide bonds. The van der Waals surface area contributed by atoms with Gasteiger partial charge in [-0.1, -0.05) is 6.07 Å². The molecule has 16 heavy (non-hydrogen) atoms. The fourth-order valence-electron chi connectivity index (χ4n) is 1.69. The van der Waals surface area contributed by atoms with Gasteiger partial charge in [0, 0.05) is 4.88 Å². The predicted octanol–water partition coefficient (Wildman–Crippen LogP) is 3.89. The van der Waals surface area contributed by atoms with E-state index in [0.29, 0.717) is 5.22 Å². The minimum absolute atomic E-state index is 0.231. The van der Waals surface area contributed by atoms with Crippen LogP contribution in [0.1, 0.15) is 23.1 Å². The Labute approximate surface area is 104 Å². The molecule has 1 atom stereocenters. The van der Waals surface area contributed by atoms with E-state index in [0.717, 1.165) is 18.6 Å². The van der Waals surface area contributed by atoms with Crippen molar-refractivity contribution >= 4 is 22.9 Å². The smallest absolute Gasteiger partial charge is 0.193 e. The van der Waals surface area contributed by atoms with Gasteiger partial charge in [0.15, 0.2) is 5.22 Å². The van der Waals surface area contributed by atoms with Crippen LogP contribution < -0.4 is 5.32 Å². The Morgan fingerprint density at radius 2 is 2.31 bits per heavy atom. The summed E-state index contributed by atoms with van der Waals surface area (Å²) in [5.41, 5.74) is 0. The summed E-state index contributed by atoms with van der Waals surface area (Å²) in [6, 6.07) is 8.18. The Kier molecular flexibility index (Phi) is 4.04. The molecule has 2 heterocycles. The van der Waals surface area contributed by atoms with E-state index in [-0.39, 0.29) is 6.04 Å². The molecule has 0 aliphatic rings. The highest BCUT2D eigenvalue weighted by atomic mass is 35.5. The number of nitrogens with one attached hydrogen (secondary N) is 1. The van der Waals surface area contributed by atoms with E-state index in [1.54, 1.807) is 17.4 Å². The molecule has 0 aromatic carbocycles. The van der Waals surface area contributed by atoms with Crippen LogP contribution in [0.25, 0.3) is 0 Å². The largest absolute Gasteiger partial charge is 0.448 e. The highest BCUT2D eigenvalue weighted by Crippen LogP contribution is 2.24. The van der Waals surface area contributed by atoms with E-state index in [9.17, 15) is 0 Å². The monoisotopic (exact) mass is 255 g/mol. The van der Waals surface area contributed by atoms with Crippen LogP contribution in [0.3, 0.4) is 0 Å². The van der Waals surface area contributed by atoms with Crippen molar-refractivity contribution in [2.24, 2.45) is 0 Å². The quantitative estimate of drug-likeness (QED) is 0.877. The molecule has 0 bridgehead atoms. The first-order chi connectivity index (χ1) is 7.79. The van der Waals surface area contributed by atoms with Gasteiger partial charge in [-0.3, -0.25) is 0 Å². The van der Waals surface area contributed by atoms with Gasteiger partial charge in [0.05, 0.1) is 6.04 Å². The van der Waals surface area contributed by atoms with Gasteiger partial charge in [-0.25, -0.2) is 0 Å². The van der Waals surface area contributed by atoms with Crippen LogP contribution in [0.5, 0.6) is 0 Å². The number of aryl methyl sites for hydroxylation is 1. The molecule has 0 spiro atoms. The molecule has 0 aliphatic heterocycles. The summed E-state index contributed by atoms with van der Waals surface area (Å²) < 4.78 is 5.41. The average Bonchev–Trinajstić information content (AvgIpc) is 2.91. The van der Waals surface area contributed by atoms with Crippen molar-refractivity contribution in [3.05, 3.63) is 45.5 Å². The summed E-state index contributed by atoms with van der Waals surface area (Å²) in [4.78, 5) is 1.40. The van der Waals surface area contributed by atoms with E-state index >= 15 is 0 Å². The molecule has 4 heteroatoms. The summed E-state index contributed by atoms with van der Waals surface area (Å²) in [5.74, 6) is 0.907. The van der Waals surface area contributed by atoms with Crippen molar-refractivity contribution in [1.29, 1.82) is 0 Å². The zero-order valence-corrected chi connectivity index (χ0v) is 10.6. The van der Waals surface area contributed by atoms with Crippen molar-refractivity contribution in [3.8, 4) is 0 Å². The summed E-state index contributed by atoms with van der Waals surface area (Å²) in [5, 5.41) is 5.80. The maximum absolute atomic E-state index is 5.77. The lowest BCUT2D eigenvalue weighted by Crippen LogP contribution is -2.16. The molecule has 0 radical (unpaired) electrons. The normalized spacial score (nSPS) is 12.9. The highest BCUT2D eigenvalue weighted by Gasteiger charge is 2.13. The molecular formula is C12H14ClNOS. The zero-order valence-electron chi connectivity index (χ0n) is 9.07. The van der Waals surface area contributed by atoms with Crippen LogP contribution in [0, 0.1) is 0 Å². The van der Waals surface area contributed by atoms with Crippen LogP contribution in [0.15, 0.2) is 34.1 Å². The maximum atomic E-state index is 5.77. The third-order valence-corrected chi connectivity index (χ3v) is 3.68. The third kappa shape index (κ3) is 2.88. The number of thiophene rings is 1. The SMILES string of the molecule is CNC(CCc1cccs1)c1ccc(Cl)o1. The fourth-order valence-corrected chi connectivity index (χ4v) is 2.56. The number of furan rings is 1. The highest BCUT2D eigenvalue weighted by molar-refractivity contribution is 7.09. The maximum Gasteiger partial charge on any atom is 0.193 e. The molecule has 2 nitrogen and oxygen atoms in total. The molecule has 0 saturated heterocycles. The summed E-state index contributed by atoms with van der Waals surface area (Å²) in [6.45, 7) is 0. The first kappa shape index (κ1) is 11.7. The molecule has 0 aliphatic carbocycles. The van der Waals surface area contributed by atoms with E-state index in [1.165, 1.54) is 4.88 Å². The minimum Gasteiger partial charge on any atom is -0.448 e. The topological polar surface area (TPSA) is 25.2 Å². The second-order valence-electron chi connectivity index (χ2n) is 3.60. The molecule has 86 valence electrons. The van der Waals surface area contributed by atoms with Crippen LogP contribution in [-0.2, 0) is 6.42 Å². The minimum atomic E-state index is 0.231. The van der Waals surface area contributed by atoms with Gasteiger partial charge in [-0.15, -0.1) is 11.3 Å². The standard InChI is InChI=1S/C12H14ClNOS/c1-14-10(11-6-7-12(13)15-11)5-4-9-3-2-8-16-9/h2-3,6-8,10,14H,4-5H2,1H3. The Balaban J connectivity index is 1.96. The molecule has 2 aromatic heterocycles. The van der Waals surface area contributed by atoms with Gasteiger partial charge < -0.3 is 9.73 Å². The number of hydrogen-bond acceptors (Lipinski definition) is 3. The lowest BCUT2D eigenvalue weighted by molar-refractivity contribution is 0.416. The molecule has 2 aromatic rings. The zero-order chi connectivity index (χ0) is 11.4. The van der Waals surface area contributed by atoms with Crippen molar-refractivity contribution in [2.75, 3.05) is 7.05 Å². The third-order valence-electron chi connectivity index (χ3n) is 2.55. The Bertz CT molecular complexity index is 424. The van der Waals surface area contributed by atoms with Gasteiger partial charge in [0.25, 0.3) is 0 Å². The van der Waals surface area contributed by atoms with Crippen molar-refractivity contribution in [2.45, 2.75) is 18.9 Å². The van der Waals surface area contributed by atoms with Gasteiger partial charge in [-0.05, 0) is 55.1 Å². The first-order valence-corrected chi connectivity index (χ1v) is 6.50. The number of halogens is 1. The van der Waals surface area contributed by atoms with E-state index in [4.69, 9.17) is 16.0 Å². The molecule has 1 N–H and O–H groups in total. The van der Waals surface area contributed by atoms with Gasteiger partial charge in [0.1, 0.15) is 5.76 Å². The van der Waals surface area contributed by atoms with E-state index < -0.39 is 0 Å². The van der Waals surface area contributed by atoms with E-state index in [1.807, 2.05) is 13.1 Å². The molecule has 1 unspecified atom stereocenters. The average molecular weight is 256 g/mol. The van der Waals surface area contributed by atoms with Crippen molar-refractivity contribution in [1.82, 2.24) is 5.32 Å². The van der Waals surface area contributed by atoms with Crippen LogP contribution in [0.2, 0.25) is 5.22 Å². The number of rotatable bonds is 5. The molecule has 2 rings (SSSR count). The van der Waals surface area contributed by atoms with Crippen molar-refractivity contribution in [3.63, 3.8) is 0 Å². The Hall–Kier alpha value is -0.770. The lowest BCUT2D eigenvalue weighted by Gasteiger charge is -2.12. The predicted molar refractivity (Wildman–Crippen MR) is 68.2 cm³/mol. The molecular weight excluding hydrogens is 242 g/mol. The first-order valence-electron chi connectivity index (χ1n) is 5.24. The molecule has 0 fully saturated rings. The molecule has 0 saturated carbocycles. The van der Waals surface area contributed by atoms with Crippen LogP contribution in [-0.4, -0.2) is 7.05 Å². The van der Waals surface area contributed by atoms with Crippen molar-refractivity contribution < 1.29 is 4.42 Å². The number of hydrogen-bond donors (Lipinski definition) is 1. The Morgan fingerprint density at radius 3 is 2.88 bits per heavy atom. The van der Waals surface area contributed by atoms with Gasteiger partial charge in [0.2, 0.25) is 0 Å². The van der Waals surface area contributed by atoms with Crippen LogP contribution in [0.4, 0.5) is 0 Å². The van der Waals surface area contributed by atoms with Crippen LogP contribution >= 0.6 is 22.9 Å².